The molecule has 4 rings (SSSR count). The van der Waals surface area contributed by atoms with Crippen LogP contribution in [0.5, 0.6) is 0 Å². The monoisotopic (exact) mass is 547 g/mol. The lowest BCUT2D eigenvalue weighted by atomic mass is 9.79. The van der Waals surface area contributed by atoms with E-state index in [0.717, 1.165) is 48.3 Å². The molecule has 3 aromatic carbocycles. The molecule has 6 nitrogen and oxygen atoms in total. The summed E-state index contributed by atoms with van der Waals surface area (Å²) >= 11 is 7.55. The first-order valence-corrected chi connectivity index (χ1v) is 14.3. The number of nitrogens with zero attached hydrogens (tertiary/aromatic N) is 4. The Labute approximate surface area is 233 Å². The number of amides is 1. The van der Waals surface area contributed by atoms with Gasteiger partial charge in [0.05, 0.1) is 15.9 Å². The molecule has 4 aromatic rings. The summed E-state index contributed by atoms with van der Waals surface area (Å²) in [6.07, 6.45) is 2.31. The van der Waals surface area contributed by atoms with Crippen LogP contribution in [0.15, 0.2) is 77.0 Å². The number of benzene rings is 3. The lowest BCUT2D eigenvalue weighted by Gasteiger charge is -2.29. The molecule has 38 heavy (non-hydrogen) atoms. The average molecular weight is 548 g/mol. The molecule has 8 heteroatoms. The fourth-order valence-electron chi connectivity index (χ4n) is 4.61. The highest BCUT2D eigenvalue weighted by atomic mass is 35.5. The summed E-state index contributed by atoms with van der Waals surface area (Å²) < 4.78 is 0.952. The number of halogens is 1. The van der Waals surface area contributed by atoms with Crippen molar-refractivity contribution in [2.45, 2.75) is 53.5 Å². The average Bonchev–Trinajstić information content (AvgIpc) is 3.35. The number of azo groups is 1. The van der Waals surface area contributed by atoms with Crippen molar-refractivity contribution in [1.29, 1.82) is 0 Å². The highest BCUT2D eigenvalue weighted by Gasteiger charge is 2.33. The van der Waals surface area contributed by atoms with E-state index < -0.39 is 5.41 Å². The molecule has 0 spiro atoms. The molecule has 0 fully saturated rings. The summed E-state index contributed by atoms with van der Waals surface area (Å²) in [5.41, 5.74) is 3.87. The van der Waals surface area contributed by atoms with Gasteiger partial charge in [-0.2, -0.15) is 0 Å². The Morgan fingerprint density at radius 3 is 2.39 bits per heavy atom. The molecule has 0 atom stereocenters. The van der Waals surface area contributed by atoms with Crippen LogP contribution >= 0.6 is 22.9 Å². The molecular weight excluding hydrogens is 514 g/mol. The summed E-state index contributed by atoms with van der Waals surface area (Å²) in [7, 11) is 0. The number of fused-ring (bicyclic) bond motifs is 1. The van der Waals surface area contributed by atoms with Crippen LogP contribution < -0.4 is 10.2 Å². The smallest absolute Gasteiger partial charge is 0.231 e. The Morgan fingerprint density at radius 2 is 1.71 bits per heavy atom. The topological polar surface area (TPSA) is 70.0 Å². The van der Waals surface area contributed by atoms with Gasteiger partial charge in [-0.15, -0.1) is 10.2 Å². The molecule has 0 aliphatic carbocycles. The molecule has 0 aliphatic rings. The van der Waals surface area contributed by atoms with Crippen LogP contribution in [0, 0.1) is 5.41 Å². The molecule has 0 saturated carbocycles. The van der Waals surface area contributed by atoms with Crippen molar-refractivity contribution < 1.29 is 4.79 Å². The highest BCUT2D eigenvalue weighted by Crippen LogP contribution is 2.37. The van der Waals surface area contributed by atoms with Gasteiger partial charge in [-0.3, -0.25) is 4.79 Å². The minimum absolute atomic E-state index is 0.0133. The van der Waals surface area contributed by atoms with Crippen molar-refractivity contribution in [3.05, 3.63) is 77.3 Å². The normalized spacial score (nSPS) is 11.8. The second-order valence-electron chi connectivity index (χ2n) is 9.30. The third kappa shape index (κ3) is 6.22. The van der Waals surface area contributed by atoms with Crippen molar-refractivity contribution in [3.8, 4) is 0 Å². The molecule has 0 unspecified atom stereocenters. The van der Waals surface area contributed by atoms with Crippen molar-refractivity contribution in [3.63, 3.8) is 0 Å². The zero-order chi connectivity index (χ0) is 27.1. The number of anilines is 2. The number of thiazole rings is 1. The number of nitrogens with one attached hydrogen (secondary N) is 1. The van der Waals surface area contributed by atoms with Gasteiger partial charge in [0.2, 0.25) is 11.0 Å². The van der Waals surface area contributed by atoms with Crippen LogP contribution in [-0.2, 0) is 11.3 Å². The summed E-state index contributed by atoms with van der Waals surface area (Å²) in [6.45, 7) is 9.93. The van der Waals surface area contributed by atoms with E-state index in [2.05, 4.69) is 65.3 Å². The number of carbonyl (C=O) groups is 1. The van der Waals surface area contributed by atoms with Gasteiger partial charge in [0.25, 0.3) is 0 Å². The quantitative estimate of drug-likeness (QED) is 0.190. The van der Waals surface area contributed by atoms with Crippen LogP contribution in [0.25, 0.3) is 10.2 Å². The van der Waals surface area contributed by atoms with Crippen LogP contribution in [0.1, 0.15) is 52.5 Å². The Balaban J connectivity index is 1.69. The van der Waals surface area contributed by atoms with Gasteiger partial charge in [0, 0.05) is 29.2 Å². The van der Waals surface area contributed by atoms with Gasteiger partial charge in [0.15, 0.2) is 0 Å². The van der Waals surface area contributed by atoms with E-state index in [0.29, 0.717) is 21.5 Å². The van der Waals surface area contributed by atoms with Crippen molar-refractivity contribution in [1.82, 2.24) is 4.98 Å². The first kappa shape index (κ1) is 27.7. The van der Waals surface area contributed by atoms with Crippen molar-refractivity contribution >= 4 is 61.3 Å². The number of carbonyl (C=O) groups excluding carboxylic acids is 1. The van der Waals surface area contributed by atoms with Gasteiger partial charge in [-0.05, 0) is 68.1 Å². The summed E-state index contributed by atoms with van der Waals surface area (Å²) in [6, 6.07) is 21.9. The Kier molecular flexibility index (Phi) is 9.13. The molecule has 0 aliphatic heterocycles. The third-order valence-electron chi connectivity index (χ3n) is 7.29. The van der Waals surface area contributed by atoms with Crippen LogP contribution in [-0.4, -0.2) is 17.4 Å². The van der Waals surface area contributed by atoms with Crippen molar-refractivity contribution in [2.75, 3.05) is 16.8 Å². The summed E-state index contributed by atoms with van der Waals surface area (Å²) in [5.74, 6) is 0.0133. The zero-order valence-corrected chi connectivity index (χ0v) is 23.9. The minimum Gasteiger partial charge on any atom is -0.367 e. The van der Waals surface area contributed by atoms with Gasteiger partial charge in [-0.25, -0.2) is 4.98 Å². The number of hydrogen-bond donors (Lipinski definition) is 1. The maximum Gasteiger partial charge on any atom is 0.231 e. The van der Waals surface area contributed by atoms with Crippen LogP contribution in [0.3, 0.4) is 0 Å². The van der Waals surface area contributed by atoms with E-state index in [1.54, 1.807) is 0 Å². The third-order valence-corrected chi connectivity index (χ3v) is 8.42. The van der Waals surface area contributed by atoms with Crippen LogP contribution in [0.4, 0.5) is 22.2 Å². The predicted molar refractivity (Wildman–Crippen MR) is 160 cm³/mol. The molecule has 1 N–H and O–H groups in total. The van der Waals surface area contributed by atoms with E-state index in [-0.39, 0.29) is 5.91 Å². The number of aromatic nitrogens is 1. The van der Waals surface area contributed by atoms with Gasteiger partial charge < -0.3 is 10.2 Å². The Bertz CT molecular complexity index is 1410. The predicted octanol–water partition coefficient (Wildman–Crippen LogP) is 9.55. The molecule has 0 saturated heterocycles. The van der Waals surface area contributed by atoms with E-state index in [1.165, 1.54) is 16.9 Å². The molecular formula is C30H34ClN5OS. The Morgan fingerprint density at radius 1 is 0.974 bits per heavy atom. The van der Waals surface area contributed by atoms with Crippen LogP contribution in [0.2, 0.25) is 5.02 Å². The molecule has 198 valence electrons. The first-order chi connectivity index (χ1) is 18.4. The first-order valence-electron chi connectivity index (χ1n) is 13.1. The summed E-state index contributed by atoms with van der Waals surface area (Å²) in [4.78, 5) is 20.3. The van der Waals surface area contributed by atoms with E-state index in [9.17, 15) is 4.79 Å². The fourth-order valence-corrected chi connectivity index (χ4v) is 5.67. The second-order valence-corrected chi connectivity index (χ2v) is 10.8. The van der Waals surface area contributed by atoms with E-state index in [1.807, 2.05) is 54.6 Å². The zero-order valence-electron chi connectivity index (χ0n) is 22.4. The molecule has 1 amide bonds. The Hall–Kier alpha value is -3.29. The lowest BCUT2D eigenvalue weighted by Crippen LogP contribution is -2.34. The molecule has 0 radical (unpaired) electrons. The number of rotatable bonds is 11. The standard InChI is InChI=1S/C30H34ClN5OS/c1-5-30(6-2,7-3)28(37)32-26-19-23(36(8-4)20-21-12-10-9-11-13-21)15-17-24(26)34-35-29-33-25-16-14-22(31)18-27(25)38-29/h9-19H,5-8,20H2,1-4H3,(H,32,37). The number of hydrogen-bond acceptors (Lipinski definition) is 6. The fraction of sp³-hybridized carbons (Fsp3) is 0.333. The lowest BCUT2D eigenvalue weighted by molar-refractivity contribution is -0.126. The van der Waals surface area contributed by atoms with Crippen molar-refractivity contribution in [2.24, 2.45) is 15.6 Å². The second kappa shape index (κ2) is 12.5. The molecule has 0 bridgehead atoms. The maximum absolute atomic E-state index is 13.5. The minimum atomic E-state index is -0.425. The molecule has 1 heterocycles. The largest absolute Gasteiger partial charge is 0.367 e. The van der Waals surface area contributed by atoms with Gasteiger partial charge in [-0.1, -0.05) is 74.0 Å². The van der Waals surface area contributed by atoms with Gasteiger partial charge in [0.1, 0.15) is 5.69 Å². The summed E-state index contributed by atoms with van der Waals surface area (Å²) in [5, 5.41) is 13.3. The van der Waals surface area contributed by atoms with E-state index >= 15 is 0 Å². The van der Waals surface area contributed by atoms with Gasteiger partial charge >= 0.3 is 0 Å². The SMILES string of the molecule is CCN(Cc1ccccc1)c1ccc(N=Nc2nc3ccc(Cl)cc3s2)c(NC(=O)C(CC)(CC)CC)c1. The molecule has 1 aromatic heterocycles. The maximum atomic E-state index is 13.5. The van der Waals surface area contributed by atoms with E-state index in [4.69, 9.17) is 11.6 Å². The highest BCUT2D eigenvalue weighted by molar-refractivity contribution is 7.21.